The molecule has 14 heavy (non-hydrogen) atoms. The molecule has 2 rings (SSSR count). The Morgan fingerprint density at radius 2 is 2.14 bits per heavy atom. The van der Waals surface area contributed by atoms with Crippen LogP contribution >= 0.6 is 0 Å². The van der Waals surface area contributed by atoms with Crippen molar-refractivity contribution in [3.8, 4) is 11.4 Å². The van der Waals surface area contributed by atoms with Crippen LogP contribution in [0.3, 0.4) is 0 Å². The van der Waals surface area contributed by atoms with E-state index in [0.717, 1.165) is 11.1 Å². The first-order valence-corrected chi connectivity index (χ1v) is 4.27. The Kier molecular flexibility index (Phi) is 1.92. The van der Waals surface area contributed by atoms with E-state index in [-0.39, 0.29) is 0 Å². The van der Waals surface area contributed by atoms with E-state index in [0.29, 0.717) is 11.5 Å². The van der Waals surface area contributed by atoms with Gasteiger partial charge in [0.2, 0.25) is 5.82 Å². The van der Waals surface area contributed by atoms with Crippen molar-refractivity contribution in [2.24, 2.45) is 7.05 Å². The summed E-state index contributed by atoms with van der Waals surface area (Å²) in [5.74, 6) is 0.564. The molecule has 0 saturated heterocycles. The highest BCUT2D eigenvalue weighted by atomic mass is 15.6. The fraction of sp³-hybridized carbons (Fsp3) is 0.222. The van der Waals surface area contributed by atoms with Crippen LogP contribution in [0.4, 0.5) is 5.69 Å². The number of hydrogen-bond acceptors (Lipinski definition) is 4. The predicted molar refractivity (Wildman–Crippen MR) is 53.4 cm³/mol. The minimum absolute atomic E-state index is 0.564. The lowest BCUT2D eigenvalue weighted by Gasteiger charge is -2.01. The van der Waals surface area contributed by atoms with Crippen molar-refractivity contribution >= 4 is 5.69 Å². The highest BCUT2D eigenvalue weighted by Gasteiger charge is 2.07. The van der Waals surface area contributed by atoms with Crippen LogP contribution in [-0.4, -0.2) is 20.2 Å². The molecular weight excluding hydrogens is 178 g/mol. The van der Waals surface area contributed by atoms with Crippen molar-refractivity contribution < 1.29 is 0 Å². The molecule has 1 heterocycles. The molecule has 0 aliphatic rings. The summed E-state index contributed by atoms with van der Waals surface area (Å²) in [5, 5.41) is 11.8. The highest BCUT2D eigenvalue weighted by Crippen LogP contribution is 2.22. The van der Waals surface area contributed by atoms with Gasteiger partial charge < -0.3 is 5.73 Å². The second-order valence-corrected chi connectivity index (χ2v) is 3.19. The van der Waals surface area contributed by atoms with Gasteiger partial charge in [-0.05, 0) is 24.3 Å². The standard InChI is InChI=1S/C9H11N5/c1-6-3-4-8(10)7(5-6)9-11-13-14(2)12-9/h3-5H,10H2,1-2H3. The fourth-order valence-electron chi connectivity index (χ4n) is 1.26. The topological polar surface area (TPSA) is 69.6 Å². The number of nitrogens with zero attached hydrogens (tertiary/aromatic N) is 4. The van der Waals surface area contributed by atoms with Gasteiger partial charge in [0.05, 0.1) is 7.05 Å². The summed E-state index contributed by atoms with van der Waals surface area (Å²) in [6, 6.07) is 5.75. The van der Waals surface area contributed by atoms with Gasteiger partial charge in [-0.15, -0.1) is 10.2 Å². The number of aryl methyl sites for hydroxylation is 2. The third kappa shape index (κ3) is 1.44. The van der Waals surface area contributed by atoms with Crippen molar-refractivity contribution in [3.63, 3.8) is 0 Å². The first kappa shape index (κ1) is 8.68. The molecule has 0 atom stereocenters. The third-order valence-electron chi connectivity index (χ3n) is 1.96. The maximum absolute atomic E-state index is 5.81. The molecular formula is C9H11N5. The Morgan fingerprint density at radius 3 is 2.79 bits per heavy atom. The SMILES string of the molecule is Cc1ccc(N)c(-c2nnn(C)n2)c1. The van der Waals surface area contributed by atoms with Crippen molar-refractivity contribution in [1.82, 2.24) is 20.2 Å². The van der Waals surface area contributed by atoms with Crippen LogP contribution in [-0.2, 0) is 7.05 Å². The molecule has 0 spiro atoms. The second kappa shape index (κ2) is 3.10. The first-order valence-electron chi connectivity index (χ1n) is 4.27. The minimum Gasteiger partial charge on any atom is -0.398 e. The van der Waals surface area contributed by atoms with Gasteiger partial charge in [-0.25, -0.2) is 0 Å². The number of rotatable bonds is 1. The van der Waals surface area contributed by atoms with Crippen molar-refractivity contribution in [1.29, 1.82) is 0 Å². The summed E-state index contributed by atoms with van der Waals surface area (Å²) >= 11 is 0. The molecule has 2 aromatic rings. The Balaban J connectivity index is 2.55. The maximum Gasteiger partial charge on any atom is 0.206 e. The predicted octanol–water partition coefficient (Wildman–Crippen LogP) is 0.768. The Labute approximate surface area is 81.5 Å². The molecule has 1 aromatic heterocycles. The summed E-state index contributed by atoms with van der Waals surface area (Å²) in [4.78, 5) is 1.41. The number of anilines is 1. The fourth-order valence-corrected chi connectivity index (χ4v) is 1.26. The van der Waals surface area contributed by atoms with E-state index in [1.807, 2.05) is 25.1 Å². The van der Waals surface area contributed by atoms with E-state index in [2.05, 4.69) is 15.4 Å². The molecule has 0 aliphatic carbocycles. The maximum atomic E-state index is 5.81. The lowest BCUT2D eigenvalue weighted by molar-refractivity contribution is 0.630. The molecule has 5 nitrogen and oxygen atoms in total. The van der Waals surface area contributed by atoms with Gasteiger partial charge in [0, 0.05) is 11.3 Å². The summed E-state index contributed by atoms with van der Waals surface area (Å²) in [6.07, 6.45) is 0. The van der Waals surface area contributed by atoms with E-state index >= 15 is 0 Å². The van der Waals surface area contributed by atoms with Crippen molar-refractivity contribution in [2.45, 2.75) is 6.92 Å². The summed E-state index contributed by atoms with van der Waals surface area (Å²) in [7, 11) is 1.72. The lowest BCUT2D eigenvalue weighted by Crippen LogP contribution is -1.94. The molecule has 0 saturated carbocycles. The van der Waals surface area contributed by atoms with Crippen LogP contribution in [0.1, 0.15) is 5.56 Å². The van der Waals surface area contributed by atoms with E-state index in [4.69, 9.17) is 5.73 Å². The zero-order chi connectivity index (χ0) is 10.1. The van der Waals surface area contributed by atoms with E-state index in [1.54, 1.807) is 7.05 Å². The summed E-state index contributed by atoms with van der Waals surface area (Å²) in [5.41, 5.74) is 8.44. The summed E-state index contributed by atoms with van der Waals surface area (Å²) in [6.45, 7) is 2.00. The van der Waals surface area contributed by atoms with Gasteiger partial charge in [-0.3, -0.25) is 0 Å². The monoisotopic (exact) mass is 189 g/mol. The second-order valence-electron chi connectivity index (χ2n) is 3.19. The van der Waals surface area contributed by atoms with E-state index in [1.165, 1.54) is 4.80 Å². The molecule has 0 bridgehead atoms. The number of hydrogen-bond donors (Lipinski definition) is 1. The summed E-state index contributed by atoms with van der Waals surface area (Å²) < 4.78 is 0. The Bertz CT molecular complexity index is 460. The molecule has 1 aromatic carbocycles. The molecule has 72 valence electrons. The average Bonchev–Trinajstić information content (AvgIpc) is 2.56. The zero-order valence-corrected chi connectivity index (χ0v) is 8.10. The van der Waals surface area contributed by atoms with Crippen LogP contribution in [0.2, 0.25) is 0 Å². The number of nitrogens with two attached hydrogens (primary N) is 1. The van der Waals surface area contributed by atoms with Crippen LogP contribution in [0.25, 0.3) is 11.4 Å². The van der Waals surface area contributed by atoms with Crippen LogP contribution in [0.5, 0.6) is 0 Å². The molecule has 0 unspecified atom stereocenters. The third-order valence-corrected chi connectivity index (χ3v) is 1.96. The van der Waals surface area contributed by atoms with E-state index in [9.17, 15) is 0 Å². The molecule has 0 radical (unpaired) electrons. The first-order chi connectivity index (χ1) is 6.66. The quantitative estimate of drug-likeness (QED) is 0.672. The van der Waals surface area contributed by atoms with Gasteiger partial charge in [-0.1, -0.05) is 11.6 Å². The van der Waals surface area contributed by atoms with Gasteiger partial charge in [0.1, 0.15) is 0 Å². The number of tetrazole rings is 1. The van der Waals surface area contributed by atoms with Crippen molar-refractivity contribution in [3.05, 3.63) is 23.8 Å². The smallest absolute Gasteiger partial charge is 0.206 e. The normalized spacial score (nSPS) is 10.4. The number of benzene rings is 1. The van der Waals surface area contributed by atoms with Gasteiger partial charge in [-0.2, -0.15) is 4.80 Å². The van der Waals surface area contributed by atoms with E-state index < -0.39 is 0 Å². The Hall–Kier alpha value is -1.91. The molecule has 0 amide bonds. The lowest BCUT2D eigenvalue weighted by atomic mass is 10.1. The van der Waals surface area contributed by atoms with Gasteiger partial charge in [0.15, 0.2) is 0 Å². The number of nitrogen functional groups attached to an aromatic ring is 1. The molecule has 0 fully saturated rings. The van der Waals surface area contributed by atoms with Crippen LogP contribution in [0.15, 0.2) is 18.2 Å². The minimum atomic E-state index is 0.564. The van der Waals surface area contributed by atoms with Gasteiger partial charge >= 0.3 is 0 Å². The molecule has 5 heteroatoms. The Morgan fingerprint density at radius 1 is 1.36 bits per heavy atom. The van der Waals surface area contributed by atoms with Crippen LogP contribution < -0.4 is 5.73 Å². The van der Waals surface area contributed by atoms with Gasteiger partial charge in [0.25, 0.3) is 0 Å². The van der Waals surface area contributed by atoms with Crippen LogP contribution in [0, 0.1) is 6.92 Å². The average molecular weight is 189 g/mol. The largest absolute Gasteiger partial charge is 0.398 e. The van der Waals surface area contributed by atoms with Crippen molar-refractivity contribution in [2.75, 3.05) is 5.73 Å². The molecule has 2 N–H and O–H groups in total. The highest BCUT2D eigenvalue weighted by molar-refractivity contribution is 5.71. The number of aromatic nitrogens is 4. The molecule has 0 aliphatic heterocycles. The zero-order valence-electron chi connectivity index (χ0n) is 8.10.